The topological polar surface area (TPSA) is 40.9 Å². The summed E-state index contributed by atoms with van der Waals surface area (Å²) in [6.45, 7) is 3.83. The summed E-state index contributed by atoms with van der Waals surface area (Å²) in [7, 11) is -1.29. The molecule has 0 heterocycles. The molecular formula is C16H14FNOS. The van der Waals surface area contributed by atoms with Crippen molar-refractivity contribution in [2.24, 2.45) is 0 Å². The lowest BCUT2D eigenvalue weighted by Crippen LogP contribution is -2.02. The number of halogens is 1. The first-order chi connectivity index (χ1) is 9.51. The van der Waals surface area contributed by atoms with Crippen molar-refractivity contribution in [1.29, 1.82) is 5.26 Å². The summed E-state index contributed by atoms with van der Waals surface area (Å²) in [6.07, 6.45) is 0. The number of nitriles is 1. The average molecular weight is 287 g/mol. The van der Waals surface area contributed by atoms with Crippen LogP contribution in [0, 0.1) is 31.0 Å². The summed E-state index contributed by atoms with van der Waals surface area (Å²) in [5.41, 5.74) is 2.80. The van der Waals surface area contributed by atoms with Gasteiger partial charge in [0.2, 0.25) is 0 Å². The van der Waals surface area contributed by atoms with Gasteiger partial charge in [-0.25, -0.2) is 4.39 Å². The van der Waals surface area contributed by atoms with Gasteiger partial charge in [-0.05, 0) is 54.8 Å². The third kappa shape index (κ3) is 3.12. The number of hydrogen-bond donors (Lipinski definition) is 0. The van der Waals surface area contributed by atoms with E-state index in [-0.39, 0.29) is 5.75 Å². The third-order valence-electron chi connectivity index (χ3n) is 3.06. The highest BCUT2D eigenvalue weighted by molar-refractivity contribution is 7.84. The van der Waals surface area contributed by atoms with Gasteiger partial charge >= 0.3 is 0 Å². The summed E-state index contributed by atoms with van der Waals surface area (Å²) < 4.78 is 25.7. The van der Waals surface area contributed by atoms with Crippen LogP contribution >= 0.6 is 0 Å². The van der Waals surface area contributed by atoms with Crippen LogP contribution in [0.15, 0.2) is 41.3 Å². The van der Waals surface area contributed by atoms with Gasteiger partial charge in [-0.3, -0.25) is 4.21 Å². The Hall–Kier alpha value is -1.99. The summed E-state index contributed by atoms with van der Waals surface area (Å²) >= 11 is 0. The zero-order valence-corrected chi connectivity index (χ0v) is 12.1. The molecule has 2 aromatic carbocycles. The zero-order chi connectivity index (χ0) is 14.7. The molecule has 0 spiro atoms. The molecule has 1 atom stereocenters. The minimum Gasteiger partial charge on any atom is -0.254 e. The van der Waals surface area contributed by atoms with E-state index in [4.69, 9.17) is 5.26 Å². The minimum absolute atomic E-state index is 0.144. The molecule has 0 aromatic heterocycles. The van der Waals surface area contributed by atoms with Gasteiger partial charge in [0, 0.05) is 4.90 Å². The molecule has 0 bridgehead atoms. The van der Waals surface area contributed by atoms with E-state index in [1.54, 1.807) is 0 Å². The largest absolute Gasteiger partial charge is 0.254 e. The second-order valence-corrected chi connectivity index (χ2v) is 6.09. The maximum atomic E-state index is 13.3. The van der Waals surface area contributed by atoms with Gasteiger partial charge < -0.3 is 0 Å². The Bertz CT molecular complexity index is 719. The van der Waals surface area contributed by atoms with Gasteiger partial charge in [-0.2, -0.15) is 5.26 Å². The molecule has 0 N–H and O–H groups in total. The molecule has 2 rings (SSSR count). The highest BCUT2D eigenvalue weighted by atomic mass is 32.2. The number of hydrogen-bond acceptors (Lipinski definition) is 2. The van der Waals surface area contributed by atoms with Crippen molar-refractivity contribution in [2.75, 3.05) is 0 Å². The van der Waals surface area contributed by atoms with Gasteiger partial charge in [0.05, 0.1) is 28.2 Å². The van der Waals surface area contributed by atoms with Crippen molar-refractivity contribution < 1.29 is 8.60 Å². The van der Waals surface area contributed by atoms with Crippen molar-refractivity contribution >= 4 is 10.8 Å². The van der Waals surface area contributed by atoms with Crippen molar-refractivity contribution in [3.8, 4) is 6.07 Å². The lowest BCUT2D eigenvalue weighted by Gasteiger charge is -2.08. The van der Waals surface area contributed by atoms with Crippen molar-refractivity contribution in [3.05, 3.63) is 64.5 Å². The highest BCUT2D eigenvalue weighted by Crippen LogP contribution is 2.20. The van der Waals surface area contributed by atoms with E-state index in [1.807, 2.05) is 38.1 Å². The quantitative estimate of drug-likeness (QED) is 0.865. The predicted molar refractivity (Wildman–Crippen MR) is 77.1 cm³/mol. The minimum atomic E-state index is -1.29. The number of nitrogens with zero attached hydrogens (tertiary/aromatic N) is 1. The van der Waals surface area contributed by atoms with E-state index in [0.717, 1.165) is 16.0 Å². The van der Waals surface area contributed by atoms with Gasteiger partial charge in [-0.15, -0.1) is 0 Å². The number of rotatable bonds is 3. The molecule has 1 unspecified atom stereocenters. The van der Waals surface area contributed by atoms with Gasteiger partial charge in [0.25, 0.3) is 0 Å². The molecule has 102 valence electrons. The Morgan fingerprint density at radius 3 is 2.65 bits per heavy atom. The van der Waals surface area contributed by atoms with E-state index in [1.165, 1.54) is 18.2 Å². The Morgan fingerprint density at radius 1 is 1.20 bits per heavy atom. The van der Waals surface area contributed by atoms with Gasteiger partial charge in [0.1, 0.15) is 5.82 Å². The first-order valence-electron chi connectivity index (χ1n) is 6.15. The molecule has 20 heavy (non-hydrogen) atoms. The van der Waals surface area contributed by atoms with Crippen molar-refractivity contribution in [1.82, 2.24) is 0 Å². The Morgan fingerprint density at radius 2 is 1.95 bits per heavy atom. The SMILES string of the molecule is Cc1ccc(C)c(S(=O)Cc2cc(F)ccc2C#N)c1. The van der Waals surface area contributed by atoms with Crippen LogP contribution in [-0.2, 0) is 16.6 Å². The summed E-state index contributed by atoms with van der Waals surface area (Å²) in [5.74, 6) is -0.276. The molecule has 0 saturated carbocycles. The van der Waals surface area contributed by atoms with Crippen LogP contribution in [0.25, 0.3) is 0 Å². The predicted octanol–water partition coefficient (Wildman–Crippen LogP) is 3.62. The lowest BCUT2D eigenvalue weighted by molar-refractivity contribution is 0.626. The molecule has 2 aromatic rings. The van der Waals surface area contributed by atoms with Gasteiger partial charge in [-0.1, -0.05) is 12.1 Å². The van der Waals surface area contributed by atoms with Crippen LogP contribution in [0.3, 0.4) is 0 Å². The second kappa shape index (κ2) is 5.98. The third-order valence-corrected chi connectivity index (χ3v) is 4.57. The first-order valence-corrected chi connectivity index (χ1v) is 7.47. The maximum Gasteiger partial charge on any atom is 0.123 e. The standard InChI is InChI=1S/C16H14FNOS/c1-11-3-4-12(2)16(7-11)20(19)10-14-8-15(17)6-5-13(14)9-18/h3-8H,10H2,1-2H3. The summed E-state index contributed by atoms with van der Waals surface area (Å²) in [6, 6.07) is 11.7. The van der Waals surface area contributed by atoms with E-state index in [2.05, 4.69) is 0 Å². The Kier molecular flexibility index (Phi) is 4.31. The maximum absolute atomic E-state index is 13.3. The summed E-state index contributed by atoms with van der Waals surface area (Å²) in [4.78, 5) is 0.734. The van der Waals surface area contributed by atoms with E-state index >= 15 is 0 Å². The normalized spacial score (nSPS) is 11.9. The second-order valence-electron chi connectivity index (χ2n) is 4.67. The smallest absolute Gasteiger partial charge is 0.123 e. The molecule has 0 radical (unpaired) electrons. The van der Waals surface area contributed by atoms with Crippen LogP contribution in [0.4, 0.5) is 4.39 Å². The highest BCUT2D eigenvalue weighted by Gasteiger charge is 2.12. The van der Waals surface area contributed by atoms with E-state index in [0.29, 0.717) is 11.1 Å². The fraction of sp³-hybridized carbons (Fsp3) is 0.188. The molecule has 0 aliphatic carbocycles. The fourth-order valence-electron chi connectivity index (χ4n) is 1.96. The number of aryl methyl sites for hydroxylation is 2. The zero-order valence-electron chi connectivity index (χ0n) is 11.3. The molecule has 4 heteroatoms. The van der Waals surface area contributed by atoms with Gasteiger partial charge in [0.15, 0.2) is 0 Å². The molecule has 0 saturated heterocycles. The summed E-state index contributed by atoms with van der Waals surface area (Å²) in [5, 5.41) is 9.02. The molecule has 0 fully saturated rings. The number of benzene rings is 2. The van der Waals surface area contributed by atoms with Crippen LogP contribution < -0.4 is 0 Å². The fourth-order valence-corrected chi connectivity index (χ4v) is 3.38. The lowest BCUT2D eigenvalue weighted by atomic mass is 10.1. The first kappa shape index (κ1) is 14.4. The molecule has 0 amide bonds. The molecule has 0 aliphatic rings. The molecule has 0 aliphatic heterocycles. The Labute approximate surface area is 120 Å². The van der Waals surface area contributed by atoms with Crippen molar-refractivity contribution in [3.63, 3.8) is 0 Å². The van der Waals surface area contributed by atoms with Crippen LogP contribution in [0.1, 0.15) is 22.3 Å². The van der Waals surface area contributed by atoms with Crippen LogP contribution in [0.5, 0.6) is 0 Å². The molecular weight excluding hydrogens is 273 g/mol. The molecule has 2 nitrogen and oxygen atoms in total. The monoisotopic (exact) mass is 287 g/mol. The van der Waals surface area contributed by atoms with Crippen molar-refractivity contribution in [2.45, 2.75) is 24.5 Å². The van der Waals surface area contributed by atoms with Crippen LogP contribution in [-0.4, -0.2) is 4.21 Å². The average Bonchev–Trinajstić information content (AvgIpc) is 2.41. The van der Waals surface area contributed by atoms with E-state index < -0.39 is 16.6 Å². The van der Waals surface area contributed by atoms with Crippen LogP contribution in [0.2, 0.25) is 0 Å². The van der Waals surface area contributed by atoms with E-state index in [9.17, 15) is 8.60 Å². The Balaban J connectivity index is 2.35.